The van der Waals surface area contributed by atoms with Gasteiger partial charge in [0, 0.05) is 57.7 Å². The Morgan fingerprint density at radius 3 is 2.36 bits per heavy atom. The summed E-state index contributed by atoms with van der Waals surface area (Å²) >= 11 is 14.3. The van der Waals surface area contributed by atoms with Gasteiger partial charge >= 0.3 is 5.97 Å². The van der Waals surface area contributed by atoms with Crippen LogP contribution in [-0.4, -0.2) is 83.3 Å². The maximum Gasteiger partial charge on any atom is 0.304 e. The van der Waals surface area contributed by atoms with Gasteiger partial charge in [-0.05, 0) is 60.2 Å². The Bertz CT molecular complexity index is 1380. The molecule has 2 aliphatic rings. The van der Waals surface area contributed by atoms with Gasteiger partial charge < -0.3 is 25.5 Å². The summed E-state index contributed by atoms with van der Waals surface area (Å²) in [4.78, 5) is 64.8. The Labute approximate surface area is 258 Å². The number of carboxylic acid groups (broad SMARTS) is 1. The summed E-state index contributed by atoms with van der Waals surface area (Å²) in [5.74, 6) is -3.23. The van der Waals surface area contributed by atoms with E-state index in [1.54, 1.807) is 15.9 Å². The van der Waals surface area contributed by atoms with Crippen LogP contribution in [0.1, 0.15) is 44.6 Å². The summed E-state index contributed by atoms with van der Waals surface area (Å²) in [7, 11) is 0. The van der Waals surface area contributed by atoms with Gasteiger partial charge in [-0.2, -0.15) is 0 Å². The second kappa shape index (κ2) is 14.3. The molecule has 0 bridgehead atoms. The third-order valence-electron chi connectivity index (χ3n) is 7.84. The van der Waals surface area contributed by atoms with Crippen LogP contribution in [-0.2, 0) is 24.0 Å². The van der Waals surface area contributed by atoms with E-state index in [4.69, 9.17) is 23.2 Å². The average Bonchev–Trinajstić information content (AvgIpc) is 3.45. The Kier molecular flexibility index (Phi) is 10.9. The summed E-state index contributed by atoms with van der Waals surface area (Å²) in [6.07, 6.45) is 4.78. The molecule has 42 heavy (non-hydrogen) atoms. The van der Waals surface area contributed by atoms with Gasteiger partial charge in [-0.1, -0.05) is 23.2 Å². The van der Waals surface area contributed by atoms with Crippen LogP contribution < -0.4 is 10.6 Å². The fourth-order valence-electron chi connectivity index (χ4n) is 5.31. The summed E-state index contributed by atoms with van der Waals surface area (Å²) in [5.41, 5.74) is 0.654. The molecule has 4 amide bonds. The molecule has 3 heterocycles. The highest BCUT2D eigenvalue weighted by atomic mass is 35.5. The van der Waals surface area contributed by atoms with Gasteiger partial charge in [-0.25, -0.2) is 0 Å². The van der Waals surface area contributed by atoms with Gasteiger partial charge in [0.2, 0.25) is 23.6 Å². The number of fused-ring (bicyclic) bond motifs is 1. The minimum Gasteiger partial charge on any atom is -0.481 e. The number of likely N-dealkylation sites (tertiary alicyclic amines) is 2. The topological polar surface area (TPSA) is 136 Å². The number of rotatable bonds is 9. The SMILES string of the molecule is CC(=O)N1CCC(C(=O)NCC(CC(=O)O)C(=O)NC2CCN(C(=O)/C=C/c3cc4ccsc4c(Cl)c3Cl)CC2)CC1. The fraction of sp³-hybridized carbons (Fsp3) is 0.483. The van der Waals surface area contributed by atoms with E-state index in [1.807, 2.05) is 17.5 Å². The maximum atomic E-state index is 13.0. The van der Waals surface area contributed by atoms with E-state index in [-0.39, 0.29) is 36.2 Å². The van der Waals surface area contributed by atoms with Crippen molar-refractivity contribution in [2.24, 2.45) is 11.8 Å². The fourth-order valence-corrected chi connectivity index (χ4v) is 6.75. The number of benzene rings is 1. The number of hydrogen-bond donors (Lipinski definition) is 3. The molecule has 2 saturated heterocycles. The lowest BCUT2D eigenvalue weighted by Gasteiger charge is -2.33. The van der Waals surface area contributed by atoms with Crippen molar-refractivity contribution >= 4 is 80.3 Å². The number of carbonyl (C=O) groups excluding carboxylic acids is 4. The predicted octanol–water partition coefficient (Wildman–Crippen LogP) is 3.79. The summed E-state index contributed by atoms with van der Waals surface area (Å²) in [5, 5.41) is 18.7. The molecule has 3 N–H and O–H groups in total. The molecule has 2 aromatic rings. The summed E-state index contributed by atoms with van der Waals surface area (Å²) < 4.78 is 0.897. The van der Waals surface area contributed by atoms with E-state index >= 15 is 0 Å². The number of piperidine rings is 2. The smallest absolute Gasteiger partial charge is 0.304 e. The number of carbonyl (C=O) groups is 5. The van der Waals surface area contributed by atoms with Crippen LogP contribution in [0.2, 0.25) is 10.0 Å². The second-order valence-corrected chi connectivity index (χ2v) is 12.4. The quantitative estimate of drug-likeness (QED) is 0.358. The molecule has 0 saturated carbocycles. The Hall–Kier alpha value is -3.15. The molecule has 0 aliphatic carbocycles. The van der Waals surface area contributed by atoms with Gasteiger partial charge in [0.25, 0.3) is 0 Å². The highest BCUT2D eigenvalue weighted by molar-refractivity contribution is 7.18. The predicted molar refractivity (Wildman–Crippen MR) is 162 cm³/mol. The number of aliphatic carboxylic acids is 1. The standard InChI is InChI=1S/C29H34Cl2N4O6S/c1-17(36)34-9-4-18(5-10-34)28(40)32-16-21(15-24(38)39)29(41)33-22-6-11-35(12-7-22)23(37)3-2-19-14-20-8-13-42-27(20)26(31)25(19)30/h2-3,8,13-14,18,21-22H,4-7,9-12,15-16H2,1H3,(H,32,40)(H,33,41)(H,38,39)/b3-2+. The number of halogens is 2. The molecule has 1 atom stereocenters. The van der Waals surface area contributed by atoms with Crippen molar-refractivity contribution in [2.45, 2.75) is 45.1 Å². The normalized spacial score (nSPS) is 17.4. The lowest BCUT2D eigenvalue weighted by atomic mass is 9.95. The van der Waals surface area contributed by atoms with Gasteiger partial charge in [0.15, 0.2) is 0 Å². The largest absolute Gasteiger partial charge is 0.481 e. The van der Waals surface area contributed by atoms with Crippen molar-refractivity contribution in [1.29, 1.82) is 0 Å². The van der Waals surface area contributed by atoms with Crippen molar-refractivity contribution in [3.05, 3.63) is 39.2 Å². The van der Waals surface area contributed by atoms with E-state index < -0.39 is 24.2 Å². The monoisotopic (exact) mass is 636 g/mol. The molecule has 13 heteroatoms. The van der Waals surface area contributed by atoms with Gasteiger partial charge in [0.05, 0.1) is 27.1 Å². The summed E-state index contributed by atoms with van der Waals surface area (Å²) in [6.45, 7) is 3.24. The zero-order valence-electron chi connectivity index (χ0n) is 23.2. The van der Waals surface area contributed by atoms with E-state index in [0.717, 1.165) is 10.1 Å². The van der Waals surface area contributed by atoms with Crippen LogP contribution >= 0.6 is 34.5 Å². The minimum absolute atomic E-state index is 0.0269. The average molecular weight is 638 g/mol. The molecule has 226 valence electrons. The number of thiophene rings is 1. The summed E-state index contributed by atoms with van der Waals surface area (Å²) in [6, 6.07) is 3.61. The first kappa shape index (κ1) is 31.8. The number of nitrogens with one attached hydrogen (secondary N) is 2. The van der Waals surface area contributed by atoms with Crippen molar-refractivity contribution in [3.8, 4) is 0 Å². The molecule has 0 spiro atoms. The zero-order chi connectivity index (χ0) is 30.4. The lowest BCUT2D eigenvalue weighted by Crippen LogP contribution is -2.49. The zero-order valence-corrected chi connectivity index (χ0v) is 25.6. The van der Waals surface area contributed by atoms with Gasteiger partial charge in [-0.3, -0.25) is 24.0 Å². The maximum absolute atomic E-state index is 13.0. The second-order valence-electron chi connectivity index (χ2n) is 10.7. The Balaban J connectivity index is 1.25. The third-order valence-corrected chi connectivity index (χ3v) is 9.78. The van der Waals surface area contributed by atoms with Crippen LogP contribution in [0.3, 0.4) is 0 Å². The highest BCUT2D eigenvalue weighted by Crippen LogP contribution is 2.37. The van der Waals surface area contributed by atoms with Crippen molar-refractivity contribution in [1.82, 2.24) is 20.4 Å². The van der Waals surface area contributed by atoms with E-state index in [2.05, 4.69) is 10.6 Å². The first-order valence-corrected chi connectivity index (χ1v) is 15.5. The first-order chi connectivity index (χ1) is 20.0. The number of amides is 4. The molecule has 4 rings (SSSR count). The molecule has 1 aromatic carbocycles. The number of hydrogen-bond acceptors (Lipinski definition) is 6. The third kappa shape index (κ3) is 8.02. The van der Waals surface area contributed by atoms with Crippen LogP contribution in [0.5, 0.6) is 0 Å². The Morgan fingerprint density at radius 2 is 1.71 bits per heavy atom. The van der Waals surface area contributed by atoms with Crippen LogP contribution in [0.25, 0.3) is 16.2 Å². The van der Waals surface area contributed by atoms with Crippen LogP contribution in [0.15, 0.2) is 23.6 Å². The Morgan fingerprint density at radius 1 is 1.05 bits per heavy atom. The van der Waals surface area contributed by atoms with E-state index in [9.17, 15) is 29.1 Å². The molecule has 2 fully saturated rings. The molecular weight excluding hydrogens is 603 g/mol. The molecule has 10 nitrogen and oxygen atoms in total. The van der Waals surface area contributed by atoms with Crippen molar-refractivity contribution < 1.29 is 29.1 Å². The lowest BCUT2D eigenvalue weighted by molar-refractivity contribution is -0.142. The van der Waals surface area contributed by atoms with Gasteiger partial charge in [0.1, 0.15) is 0 Å². The van der Waals surface area contributed by atoms with Crippen molar-refractivity contribution in [2.75, 3.05) is 32.7 Å². The highest BCUT2D eigenvalue weighted by Gasteiger charge is 2.30. The molecule has 0 radical (unpaired) electrons. The molecular formula is C29H34Cl2N4O6S. The van der Waals surface area contributed by atoms with Crippen LogP contribution in [0, 0.1) is 11.8 Å². The molecule has 1 unspecified atom stereocenters. The van der Waals surface area contributed by atoms with E-state index in [1.165, 1.54) is 24.3 Å². The number of nitrogens with zero attached hydrogens (tertiary/aromatic N) is 2. The molecule has 2 aliphatic heterocycles. The first-order valence-electron chi connectivity index (χ1n) is 13.9. The molecule has 1 aromatic heterocycles. The minimum atomic E-state index is -1.13. The van der Waals surface area contributed by atoms with Crippen molar-refractivity contribution in [3.63, 3.8) is 0 Å². The number of carboxylic acids is 1. The van der Waals surface area contributed by atoms with Gasteiger partial charge in [-0.15, -0.1) is 11.3 Å². The van der Waals surface area contributed by atoms with Crippen LogP contribution in [0.4, 0.5) is 0 Å². The van der Waals surface area contributed by atoms with E-state index in [0.29, 0.717) is 67.5 Å².